The van der Waals surface area contributed by atoms with Gasteiger partial charge in [-0.25, -0.2) is 23.4 Å². The first-order chi connectivity index (χ1) is 18.2. The molecule has 0 spiro atoms. The van der Waals surface area contributed by atoms with Crippen LogP contribution < -0.4 is 21.3 Å². The van der Waals surface area contributed by atoms with Crippen LogP contribution in [0.2, 0.25) is 0 Å². The highest BCUT2D eigenvalue weighted by molar-refractivity contribution is 5.77. The van der Waals surface area contributed by atoms with E-state index in [9.17, 15) is 14.0 Å². The van der Waals surface area contributed by atoms with Gasteiger partial charge in [-0.1, -0.05) is 6.08 Å². The third-order valence-corrected chi connectivity index (χ3v) is 6.50. The first kappa shape index (κ1) is 25.3. The SMILES string of the molecule is C=CCn1c(=O)c2cnc(Nc3cc(F)cc(N4CCN(C)CC4)c3)nc2n1-c1ccc(=O)n(C(C)C)n1. The van der Waals surface area contributed by atoms with Crippen molar-refractivity contribution in [2.45, 2.75) is 26.4 Å². The molecule has 1 aliphatic rings. The first-order valence-corrected chi connectivity index (χ1v) is 12.5. The maximum absolute atomic E-state index is 14.6. The number of rotatable bonds is 7. The van der Waals surface area contributed by atoms with E-state index in [1.54, 1.807) is 16.8 Å². The van der Waals surface area contributed by atoms with Crippen LogP contribution in [0.25, 0.3) is 16.9 Å². The number of likely N-dealkylation sites (N-methyl/N-ethyl adjacent to an activating group) is 1. The number of aromatic nitrogens is 6. The Kier molecular flexibility index (Phi) is 6.81. The number of hydrogen-bond acceptors (Lipinski definition) is 8. The second-order valence-corrected chi connectivity index (χ2v) is 9.60. The van der Waals surface area contributed by atoms with Gasteiger partial charge in [0, 0.05) is 49.8 Å². The van der Waals surface area contributed by atoms with Crippen LogP contribution in [-0.2, 0) is 6.54 Å². The molecule has 1 saturated heterocycles. The van der Waals surface area contributed by atoms with Crippen molar-refractivity contribution in [3.8, 4) is 5.82 Å². The molecule has 0 radical (unpaired) electrons. The highest BCUT2D eigenvalue weighted by Gasteiger charge is 2.20. The van der Waals surface area contributed by atoms with E-state index in [1.807, 2.05) is 19.9 Å². The fourth-order valence-electron chi connectivity index (χ4n) is 4.53. The van der Waals surface area contributed by atoms with E-state index in [-0.39, 0.29) is 40.9 Å². The van der Waals surface area contributed by atoms with E-state index < -0.39 is 0 Å². The van der Waals surface area contributed by atoms with Crippen LogP contribution in [0.5, 0.6) is 0 Å². The summed E-state index contributed by atoms with van der Waals surface area (Å²) in [6, 6.07) is 7.52. The van der Waals surface area contributed by atoms with Gasteiger partial charge in [-0.2, -0.15) is 4.98 Å². The molecule has 198 valence electrons. The van der Waals surface area contributed by atoms with Crippen molar-refractivity contribution in [3.05, 3.63) is 75.7 Å². The van der Waals surface area contributed by atoms with Gasteiger partial charge in [-0.05, 0) is 45.2 Å². The van der Waals surface area contributed by atoms with Gasteiger partial charge in [-0.3, -0.25) is 9.59 Å². The van der Waals surface area contributed by atoms with Crippen LogP contribution in [0.15, 0.2) is 58.8 Å². The molecule has 1 aliphatic heterocycles. The minimum atomic E-state index is -0.376. The topological polar surface area (TPSA) is 106 Å². The summed E-state index contributed by atoms with van der Waals surface area (Å²) in [4.78, 5) is 38.8. The molecule has 5 rings (SSSR count). The van der Waals surface area contributed by atoms with Gasteiger partial charge in [0.1, 0.15) is 11.2 Å². The number of nitrogens with zero attached hydrogens (tertiary/aromatic N) is 8. The van der Waals surface area contributed by atoms with Crippen LogP contribution in [-0.4, -0.2) is 67.2 Å². The van der Waals surface area contributed by atoms with E-state index >= 15 is 0 Å². The van der Waals surface area contributed by atoms with E-state index in [0.717, 1.165) is 31.9 Å². The lowest BCUT2D eigenvalue weighted by atomic mass is 10.2. The fourth-order valence-corrected chi connectivity index (χ4v) is 4.53. The molecule has 4 heterocycles. The molecule has 0 atom stereocenters. The number of halogens is 1. The summed E-state index contributed by atoms with van der Waals surface area (Å²) in [5.41, 5.74) is 0.988. The largest absolute Gasteiger partial charge is 0.369 e. The number of allylic oxidation sites excluding steroid dienone is 1. The third kappa shape index (κ3) is 4.82. The monoisotopic (exact) mass is 519 g/mol. The van der Waals surface area contributed by atoms with E-state index in [4.69, 9.17) is 0 Å². The fraction of sp³-hybridized carbons (Fsp3) is 0.346. The summed E-state index contributed by atoms with van der Waals surface area (Å²) in [5, 5.41) is 7.84. The Morgan fingerprint density at radius 3 is 2.61 bits per heavy atom. The molecule has 1 N–H and O–H groups in total. The maximum atomic E-state index is 14.6. The Morgan fingerprint density at radius 1 is 1.13 bits per heavy atom. The number of anilines is 3. The molecular formula is C26H30FN9O2. The van der Waals surface area contributed by atoms with Crippen molar-refractivity contribution >= 4 is 28.4 Å². The quantitative estimate of drug-likeness (QED) is 0.372. The van der Waals surface area contributed by atoms with Gasteiger partial charge in [0.25, 0.3) is 11.1 Å². The van der Waals surface area contributed by atoms with Crippen molar-refractivity contribution in [3.63, 3.8) is 0 Å². The van der Waals surface area contributed by atoms with E-state index in [2.05, 4.69) is 43.8 Å². The second kappa shape index (κ2) is 10.2. The predicted octanol–water partition coefficient (Wildman–Crippen LogP) is 2.54. The van der Waals surface area contributed by atoms with Gasteiger partial charge in [0.05, 0.1) is 12.6 Å². The average Bonchev–Trinajstić information content (AvgIpc) is 3.15. The molecule has 0 unspecified atom stereocenters. The Bertz CT molecular complexity index is 1610. The lowest BCUT2D eigenvalue weighted by Crippen LogP contribution is -2.44. The molecule has 0 aliphatic carbocycles. The minimum Gasteiger partial charge on any atom is -0.369 e. The Balaban J connectivity index is 1.57. The summed E-state index contributed by atoms with van der Waals surface area (Å²) in [7, 11) is 2.07. The van der Waals surface area contributed by atoms with Gasteiger partial charge < -0.3 is 15.1 Å². The van der Waals surface area contributed by atoms with Gasteiger partial charge in [0.2, 0.25) is 5.95 Å². The van der Waals surface area contributed by atoms with E-state index in [0.29, 0.717) is 17.2 Å². The Hall–Kier alpha value is -4.32. The van der Waals surface area contributed by atoms with Gasteiger partial charge in [0.15, 0.2) is 11.5 Å². The van der Waals surface area contributed by atoms with Crippen LogP contribution in [0.1, 0.15) is 19.9 Å². The Labute approximate surface area is 218 Å². The highest BCUT2D eigenvalue weighted by atomic mass is 19.1. The predicted molar refractivity (Wildman–Crippen MR) is 145 cm³/mol. The van der Waals surface area contributed by atoms with Crippen LogP contribution in [0, 0.1) is 5.82 Å². The number of benzene rings is 1. The normalized spacial score (nSPS) is 14.4. The summed E-state index contributed by atoms with van der Waals surface area (Å²) >= 11 is 0. The zero-order valence-electron chi connectivity index (χ0n) is 21.6. The molecule has 0 amide bonds. The van der Waals surface area contributed by atoms with Crippen molar-refractivity contribution < 1.29 is 4.39 Å². The summed E-state index contributed by atoms with van der Waals surface area (Å²) in [6.45, 7) is 11.1. The second-order valence-electron chi connectivity index (χ2n) is 9.60. The highest BCUT2D eigenvalue weighted by Crippen LogP contribution is 2.25. The molecule has 0 bridgehead atoms. The molecule has 4 aromatic rings. The van der Waals surface area contributed by atoms with Crippen molar-refractivity contribution in [1.29, 1.82) is 0 Å². The van der Waals surface area contributed by atoms with Crippen molar-refractivity contribution in [2.24, 2.45) is 0 Å². The molecule has 11 nitrogen and oxygen atoms in total. The first-order valence-electron chi connectivity index (χ1n) is 12.5. The number of fused-ring (bicyclic) bond motifs is 1. The molecule has 38 heavy (non-hydrogen) atoms. The molecule has 1 aromatic carbocycles. The standard InChI is InChI=1S/C26H30FN9O2/c1-5-8-34-25(38)21-16-28-26(30-24(21)36(34)22-6-7-23(37)35(31-22)17(2)3)29-19-13-18(27)14-20(15-19)33-11-9-32(4)10-12-33/h5-7,13-17H,1,8-12H2,2-4H3,(H,28,29,30). The average molecular weight is 520 g/mol. The molecule has 3 aromatic heterocycles. The van der Waals surface area contributed by atoms with Gasteiger partial charge in [-0.15, -0.1) is 11.7 Å². The van der Waals surface area contributed by atoms with Crippen molar-refractivity contribution in [2.75, 3.05) is 43.4 Å². The minimum absolute atomic E-state index is 0.182. The number of hydrogen-bond donors (Lipinski definition) is 1. The Morgan fingerprint density at radius 2 is 1.89 bits per heavy atom. The summed E-state index contributed by atoms with van der Waals surface area (Å²) < 4.78 is 18.9. The van der Waals surface area contributed by atoms with Crippen LogP contribution >= 0.6 is 0 Å². The smallest absolute Gasteiger partial charge is 0.278 e. The zero-order chi connectivity index (χ0) is 27.0. The molecule has 0 saturated carbocycles. The molecular weight excluding hydrogens is 489 g/mol. The summed E-state index contributed by atoms with van der Waals surface area (Å²) in [6.07, 6.45) is 3.02. The lowest BCUT2D eigenvalue weighted by molar-refractivity contribution is 0.313. The van der Waals surface area contributed by atoms with Crippen LogP contribution in [0.4, 0.5) is 21.7 Å². The maximum Gasteiger partial charge on any atom is 0.278 e. The molecule has 1 fully saturated rings. The van der Waals surface area contributed by atoms with Gasteiger partial charge >= 0.3 is 0 Å². The number of piperazine rings is 1. The van der Waals surface area contributed by atoms with Crippen molar-refractivity contribution in [1.82, 2.24) is 34.0 Å². The lowest BCUT2D eigenvalue weighted by Gasteiger charge is -2.34. The van der Waals surface area contributed by atoms with E-state index in [1.165, 1.54) is 33.8 Å². The number of nitrogens with one attached hydrogen (secondary N) is 1. The van der Waals surface area contributed by atoms with Crippen LogP contribution in [0.3, 0.4) is 0 Å². The third-order valence-electron chi connectivity index (χ3n) is 6.50. The molecule has 12 heteroatoms. The zero-order valence-corrected chi connectivity index (χ0v) is 21.6. The summed E-state index contributed by atoms with van der Waals surface area (Å²) in [5.74, 6) is 0.160.